The summed E-state index contributed by atoms with van der Waals surface area (Å²) in [6.07, 6.45) is -0.305. The van der Waals surface area contributed by atoms with Gasteiger partial charge in [-0.05, 0) is 43.2 Å². The predicted molar refractivity (Wildman–Crippen MR) is 108 cm³/mol. The van der Waals surface area contributed by atoms with E-state index in [2.05, 4.69) is 5.32 Å². The van der Waals surface area contributed by atoms with Crippen molar-refractivity contribution < 1.29 is 23.3 Å². The summed E-state index contributed by atoms with van der Waals surface area (Å²) in [7, 11) is 0.320. The summed E-state index contributed by atoms with van der Waals surface area (Å²) in [4.78, 5) is 25.0. The van der Waals surface area contributed by atoms with Crippen molar-refractivity contribution in [3.63, 3.8) is 0 Å². The lowest BCUT2D eigenvalue weighted by Gasteiger charge is -2.15. The summed E-state index contributed by atoms with van der Waals surface area (Å²) >= 11 is 0. The van der Waals surface area contributed by atoms with E-state index in [0.717, 1.165) is 11.3 Å². The van der Waals surface area contributed by atoms with E-state index in [-0.39, 0.29) is 11.5 Å². The second-order valence-electron chi connectivity index (χ2n) is 6.07. The molecule has 0 spiro atoms. The molecule has 2 rings (SSSR count). The lowest BCUT2D eigenvalue weighted by molar-refractivity contribution is -0.129. The maximum Gasteiger partial charge on any atom is 0.340 e. The van der Waals surface area contributed by atoms with Gasteiger partial charge in [0.15, 0.2) is 6.10 Å². The fourth-order valence-electron chi connectivity index (χ4n) is 2.53. The van der Waals surface area contributed by atoms with E-state index in [4.69, 9.17) is 9.47 Å². The van der Waals surface area contributed by atoms with E-state index in [0.29, 0.717) is 23.6 Å². The van der Waals surface area contributed by atoms with Crippen molar-refractivity contribution >= 4 is 22.7 Å². The summed E-state index contributed by atoms with van der Waals surface area (Å²) in [6, 6.07) is 14.2. The molecule has 150 valence electrons. The number of nitrogens with one attached hydrogen (secondary N) is 1. The number of rotatable bonds is 9. The first-order valence-corrected chi connectivity index (χ1v) is 10.4. The van der Waals surface area contributed by atoms with E-state index in [1.807, 2.05) is 24.3 Å². The Hall–Kier alpha value is -2.67. The van der Waals surface area contributed by atoms with Crippen molar-refractivity contribution in [1.29, 1.82) is 0 Å². The number of amides is 1. The van der Waals surface area contributed by atoms with Crippen molar-refractivity contribution in [2.45, 2.75) is 31.3 Å². The third-order valence-electron chi connectivity index (χ3n) is 4.14. The standard InChI is InChI=1S/C21H25NO5S/c1-4-28(25)19-8-6-5-7-18(19)21(24)27-15(2)20(23)22-14-13-16-9-11-17(26-3)12-10-16/h5-12,15H,4,13-14H2,1-3H3,(H,22,23). The van der Waals surface area contributed by atoms with Gasteiger partial charge in [-0.15, -0.1) is 0 Å². The lowest BCUT2D eigenvalue weighted by Crippen LogP contribution is -2.37. The van der Waals surface area contributed by atoms with Crippen LogP contribution in [0.1, 0.15) is 29.8 Å². The zero-order chi connectivity index (χ0) is 20.5. The molecular weight excluding hydrogens is 378 g/mol. The number of methoxy groups -OCH3 is 1. The molecule has 2 aromatic carbocycles. The van der Waals surface area contributed by atoms with E-state index in [1.54, 1.807) is 38.3 Å². The number of hydrogen-bond donors (Lipinski definition) is 1. The van der Waals surface area contributed by atoms with Gasteiger partial charge in [-0.1, -0.05) is 31.2 Å². The summed E-state index contributed by atoms with van der Waals surface area (Å²) in [5, 5.41) is 2.76. The van der Waals surface area contributed by atoms with Crippen LogP contribution in [0.15, 0.2) is 53.4 Å². The van der Waals surface area contributed by atoms with Gasteiger partial charge in [0.2, 0.25) is 0 Å². The van der Waals surface area contributed by atoms with Crippen LogP contribution in [0.4, 0.5) is 0 Å². The molecule has 0 radical (unpaired) electrons. The van der Waals surface area contributed by atoms with Crippen molar-refractivity contribution in [1.82, 2.24) is 5.32 Å². The number of carbonyl (C=O) groups is 2. The van der Waals surface area contributed by atoms with Gasteiger partial charge in [0.1, 0.15) is 5.75 Å². The molecular formula is C21H25NO5S. The minimum absolute atomic E-state index is 0.223. The lowest BCUT2D eigenvalue weighted by atomic mass is 10.1. The highest BCUT2D eigenvalue weighted by Gasteiger charge is 2.21. The fourth-order valence-corrected chi connectivity index (χ4v) is 3.47. The first-order valence-electron chi connectivity index (χ1n) is 9.05. The third-order valence-corrected chi connectivity index (χ3v) is 5.51. The molecule has 1 N–H and O–H groups in total. The summed E-state index contributed by atoms with van der Waals surface area (Å²) < 4.78 is 22.5. The normalized spacial score (nSPS) is 12.7. The summed E-state index contributed by atoms with van der Waals surface area (Å²) in [6.45, 7) is 3.71. The number of carbonyl (C=O) groups excluding carboxylic acids is 2. The Bertz CT molecular complexity index is 835. The van der Waals surface area contributed by atoms with Crippen LogP contribution in [0.3, 0.4) is 0 Å². The van der Waals surface area contributed by atoms with Gasteiger partial charge in [-0.2, -0.15) is 0 Å². The molecule has 2 atom stereocenters. The van der Waals surface area contributed by atoms with Gasteiger partial charge in [-0.3, -0.25) is 9.00 Å². The van der Waals surface area contributed by atoms with Crippen molar-refractivity contribution in [2.24, 2.45) is 0 Å². The molecule has 0 aromatic heterocycles. The van der Waals surface area contributed by atoms with Crippen molar-refractivity contribution in [2.75, 3.05) is 19.4 Å². The third kappa shape index (κ3) is 5.92. The number of hydrogen-bond acceptors (Lipinski definition) is 5. The molecule has 2 aromatic rings. The Morgan fingerprint density at radius 3 is 2.43 bits per heavy atom. The van der Waals surface area contributed by atoms with Gasteiger partial charge in [0, 0.05) is 12.3 Å². The zero-order valence-corrected chi connectivity index (χ0v) is 17.1. The smallest absolute Gasteiger partial charge is 0.340 e. The van der Waals surface area contributed by atoms with E-state index in [1.165, 1.54) is 6.92 Å². The topological polar surface area (TPSA) is 81.7 Å². The highest BCUT2D eigenvalue weighted by molar-refractivity contribution is 7.85. The maximum absolute atomic E-state index is 12.4. The van der Waals surface area contributed by atoms with Crippen molar-refractivity contribution in [3.8, 4) is 5.75 Å². The highest BCUT2D eigenvalue weighted by atomic mass is 32.2. The van der Waals surface area contributed by atoms with Gasteiger partial charge in [-0.25, -0.2) is 4.79 Å². The van der Waals surface area contributed by atoms with Gasteiger partial charge < -0.3 is 14.8 Å². The fraction of sp³-hybridized carbons (Fsp3) is 0.333. The SMILES string of the molecule is CCS(=O)c1ccccc1C(=O)OC(C)C(=O)NCCc1ccc(OC)cc1. The Morgan fingerprint density at radius 1 is 1.11 bits per heavy atom. The second kappa shape index (κ2) is 10.6. The van der Waals surface area contributed by atoms with E-state index in [9.17, 15) is 13.8 Å². The molecule has 0 aliphatic rings. The van der Waals surface area contributed by atoms with Crippen LogP contribution in [0.5, 0.6) is 5.75 Å². The van der Waals surface area contributed by atoms with E-state index < -0.39 is 22.9 Å². The predicted octanol–water partition coefficient (Wildman–Crippen LogP) is 2.73. The molecule has 0 aliphatic heterocycles. The molecule has 28 heavy (non-hydrogen) atoms. The summed E-state index contributed by atoms with van der Waals surface area (Å²) in [5.74, 6) is 0.134. The minimum Gasteiger partial charge on any atom is -0.497 e. The van der Waals surface area contributed by atoms with Crippen LogP contribution in [-0.2, 0) is 26.8 Å². The molecule has 0 aliphatic carbocycles. The number of ether oxygens (including phenoxy) is 2. The van der Waals surface area contributed by atoms with Gasteiger partial charge in [0.25, 0.3) is 5.91 Å². The van der Waals surface area contributed by atoms with Gasteiger partial charge in [0.05, 0.1) is 28.4 Å². The zero-order valence-electron chi connectivity index (χ0n) is 16.3. The van der Waals surface area contributed by atoms with Crippen LogP contribution in [0, 0.1) is 0 Å². The van der Waals surface area contributed by atoms with Crippen molar-refractivity contribution in [3.05, 3.63) is 59.7 Å². The van der Waals surface area contributed by atoms with Crippen LogP contribution in [0.25, 0.3) is 0 Å². The minimum atomic E-state index is -1.29. The average molecular weight is 404 g/mol. The summed E-state index contributed by atoms with van der Waals surface area (Å²) in [5.41, 5.74) is 1.28. The highest BCUT2D eigenvalue weighted by Crippen LogP contribution is 2.16. The Morgan fingerprint density at radius 2 is 1.79 bits per heavy atom. The van der Waals surface area contributed by atoms with Crippen LogP contribution >= 0.6 is 0 Å². The molecule has 1 amide bonds. The average Bonchev–Trinajstić information content (AvgIpc) is 2.73. The molecule has 0 fully saturated rings. The monoisotopic (exact) mass is 403 g/mol. The Kier molecular flexibility index (Phi) is 8.19. The number of benzene rings is 2. The quantitative estimate of drug-likeness (QED) is 0.651. The van der Waals surface area contributed by atoms with Crippen LogP contribution in [0.2, 0.25) is 0 Å². The van der Waals surface area contributed by atoms with Crippen LogP contribution in [-0.4, -0.2) is 41.6 Å². The first kappa shape index (κ1) is 21.6. The Balaban J connectivity index is 1.88. The molecule has 0 saturated carbocycles. The molecule has 0 saturated heterocycles. The van der Waals surface area contributed by atoms with Gasteiger partial charge >= 0.3 is 5.97 Å². The Labute approximate surface area is 167 Å². The molecule has 2 unspecified atom stereocenters. The molecule has 0 heterocycles. The van der Waals surface area contributed by atoms with E-state index >= 15 is 0 Å². The molecule has 7 heteroatoms. The molecule has 0 bridgehead atoms. The largest absolute Gasteiger partial charge is 0.497 e. The first-order chi connectivity index (χ1) is 13.5. The number of esters is 1. The van der Waals surface area contributed by atoms with Crippen LogP contribution < -0.4 is 10.1 Å². The molecule has 6 nitrogen and oxygen atoms in total. The second-order valence-corrected chi connectivity index (χ2v) is 7.78. The maximum atomic E-state index is 12.4.